The maximum atomic E-state index is 12.7. The Labute approximate surface area is 115 Å². The summed E-state index contributed by atoms with van der Waals surface area (Å²) in [5.41, 5.74) is 5.08. The third-order valence-electron chi connectivity index (χ3n) is 5.87. The number of nitrogens with zero attached hydrogens (tertiary/aromatic N) is 1. The highest BCUT2D eigenvalue weighted by atomic mass is 16.3. The molecule has 19 heavy (non-hydrogen) atoms. The van der Waals surface area contributed by atoms with Gasteiger partial charge in [0.05, 0.1) is 11.0 Å². The van der Waals surface area contributed by atoms with Crippen molar-refractivity contribution in [1.29, 1.82) is 0 Å². The fraction of sp³-hybridized carbons (Fsp3) is 0.933. The van der Waals surface area contributed by atoms with Crippen LogP contribution in [0.15, 0.2) is 0 Å². The summed E-state index contributed by atoms with van der Waals surface area (Å²) < 4.78 is 0. The molecule has 0 spiro atoms. The van der Waals surface area contributed by atoms with Gasteiger partial charge in [0.25, 0.3) is 0 Å². The monoisotopic (exact) mass is 266 g/mol. The fourth-order valence-electron chi connectivity index (χ4n) is 4.20. The number of piperidine rings is 1. The van der Waals surface area contributed by atoms with Gasteiger partial charge in [-0.05, 0) is 32.1 Å². The van der Waals surface area contributed by atoms with Crippen molar-refractivity contribution in [2.24, 2.45) is 17.1 Å². The summed E-state index contributed by atoms with van der Waals surface area (Å²) in [5.74, 6) is 0.544. The van der Waals surface area contributed by atoms with E-state index in [0.29, 0.717) is 13.1 Å². The van der Waals surface area contributed by atoms with Crippen molar-refractivity contribution in [2.75, 3.05) is 19.6 Å². The van der Waals surface area contributed by atoms with Gasteiger partial charge in [0, 0.05) is 25.6 Å². The number of fused-ring (bicyclic) bond motifs is 1. The van der Waals surface area contributed by atoms with Gasteiger partial charge in [-0.2, -0.15) is 0 Å². The number of likely N-dealkylation sites (tertiary alicyclic amines) is 1. The number of rotatable bonds is 2. The van der Waals surface area contributed by atoms with Gasteiger partial charge in [-0.15, -0.1) is 0 Å². The van der Waals surface area contributed by atoms with Crippen LogP contribution in [0.25, 0.3) is 0 Å². The molecule has 0 bridgehead atoms. The molecule has 1 amide bonds. The summed E-state index contributed by atoms with van der Waals surface area (Å²) in [4.78, 5) is 14.7. The Balaban J connectivity index is 1.69. The summed E-state index contributed by atoms with van der Waals surface area (Å²) in [5, 5.41) is 10.7. The van der Waals surface area contributed by atoms with Gasteiger partial charge >= 0.3 is 0 Å². The Kier molecular flexibility index (Phi) is 3.34. The molecular weight excluding hydrogens is 240 g/mol. The van der Waals surface area contributed by atoms with E-state index in [-0.39, 0.29) is 17.2 Å². The summed E-state index contributed by atoms with van der Waals surface area (Å²) in [6.07, 6.45) is 8.10. The van der Waals surface area contributed by atoms with E-state index in [1.54, 1.807) is 0 Å². The van der Waals surface area contributed by atoms with E-state index in [1.807, 2.05) is 4.90 Å². The molecule has 3 aliphatic rings. The molecule has 2 atom stereocenters. The summed E-state index contributed by atoms with van der Waals surface area (Å²) >= 11 is 0. The third-order valence-corrected chi connectivity index (χ3v) is 5.87. The van der Waals surface area contributed by atoms with E-state index in [1.165, 1.54) is 6.42 Å². The van der Waals surface area contributed by atoms with Crippen LogP contribution >= 0.6 is 0 Å². The first-order valence-corrected chi connectivity index (χ1v) is 7.81. The van der Waals surface area contributed by atoms with Crippen molar-refractivity contribution in [3.8, 4) is 0 Å². The predicted octanol–water partition coefficient (Wildman–Crippen LogP) is 1.27. The second-order valence-electron chi connectivity index (χ2n) is 6.89. The van der Waals surface area contributed by atoms with Crippen LogP contribution in [-0.2, 0) is 4.79 Å². The van der Waals surface area contributed by atoms with E-state index >= 15 is 0 Å². The van der Waals surface area contributed by atoms with Crippen molar-refractivity contribution < 1.29 is 9.90 Å². The van der Waals surface area contributed by atoms with Crippen molar-refractivity contribution in [1.82, 2.24) is 4.90 Å². The van der Waals surface area contributed by atoms with Crippen LogP contribution in [-0.4, -0.2) is 41.1 Å². The Bertz CT molecular complexity index is 362. The lowest BCUT2D eigenvalue weighted by atomic mass is 9.66. The third kappa shape index (κ3) is 2.09. The highest BCUT2D eigenvalue weighted by molar-refractivity contribution is 5.84. The molecule has 2 aliphatic carbocycles. The van der Waals surface area contributed by atoms with Crippen LogP contribution in [0.5, 0.6) is 0 Å². The molecule has 1 aliphatic heterocycles. The van der Waals surface area contributed by atoms with Crippen LogP contribution in [0.4, 0.5) is 0 Å². The van der Waals surface area contributed by atoms with Gasteiger partial charge in [-0.1, -0.05) is 19.3 Å². The van der Waals surface area contributed by atoms with Crippen molar-refractivity contribution in [3.05, 3.63) is 0 Å². The highest BCUT2D eigenvalue weighted by Gasteiger charge is 2.49. The lowest BCUT2D eigenvalue weighted by Gasteiger charge is -2.50. The summed E-state index contributed by atoms with van der Waals surface area (Å²) in [6.45, 7) is 1.95. The largest absolute Gasteiger partial charge is 0.389 e. The molecule has 3 N–H and O–H groups in total. The molecule has 0 aromatic heterocycles. The van der Waals surface area contributed by atoms with Gasteiger partial charge in [0.2, 0.25) is 5.91 Å². The number of hydrogen-bond acceptors (Lipinski definition) is 3. The van der Waals surface area contributed by atoms with Crippen molar-refractivity contribution in [3.63, 3.8) is 0 Å². The van der Waals surface area contributed by atoms with Gasteiger partial charge in [0.15, 0.2) is 0 Å². The van der Waals surface area contributed by atoms with Crippen molar-refractivity contribution >= 4 is 5.91 Å². The molecule has 4 nitrogen and oxygen atoms in total. The minimum absolute atomic E-state index is 0.258. The first-order valence-electron chi connectivity index (χ1n) is 7.81. The Hall–Kier alpha value is -0.610. The van der Waals surface area contributed by atoms with E-state index in [9.17, 15) is 9.90 Å². The minimum Gasteiger partial charge on any atom is -0.389 e. The molecule has 1 saturated heterocycles. The number of carbonyl (C=O) groups excluding carboxylic acids is 1. The first kappa shape index (κ1) is 13.4. The van der Waals surface area contributed by atoms with Gasteiger partial charge in [-0.25, -0.2) is 0 Å². The topological polar surface area (TPSA) is 66.6 Å². The molecule has 0 radical (unpaired) electrons. The number of amides is 1. The molecule has 108 valence electrons. The van der Waals surface area contributed by atoms with Crippen LogP contribution in [0, 0.1) is 11.3 Å². The Morgan fingerprint density at radius 2 is 2.00 bits per heavy atom. The zero-order valence-corrected chi connectivity index (χ0v) is 11.7. The van der Waals surface area contributed by atoms with Crippen molar-refractivity contribution in [2.45, 2.75) is 57.0 Å². The lowest BCUT2D eigenvalue weighted by Crippen LogP contribution is -2.59. The molecular formula is C15H26N2O2. The molecule has 0 aromatic rings. The van der Waals surface area contributed by atoms with Crippen LogP contribution in [0.3, 0.4) is 0 Å². The zero-order chi connectivity index (χ0) is 13.5. The average Bonchev–Trinajstić information content (AvgIpc) is 2.37. The summed E-state index contributed by atoms with van der Waals surface area (Å²) in [6, 6.07) is 0. The smallest absolute Gasteiger partial charge is 0.230 e. The molecule has 3 rings (SSSR count). The molecule has 0 aromatic carbocycles. The number of hydrogen-bond donors (Lipinski definition) is 2. The number of aliphatic hydroxyl groups is 1. The van der Waals surface area contributed by atoms with Gasteiger partial charge in [0.1, 0.15) is 0 Å². The second-order valence-corrected chi connectivity index (χ2v) is 6.89. The summed E-state index contributed by atoms with van der Waals surface area (Å²) in [7, 11) is 0. The average molecular weight is 266 g/mol. The molecule has 2 unspecified atom stereocenters. The number of carbonyl (C=O) groups is 1. The Morgan fingerprint density at radius 3 is 2.63 bits per heavy atom. The molecule has 2 saturated carbocycles. The van der Waals surface area contributed by atoms with Crippen LogP contribution in [0.2, 0.25) is 0 Å². The highest BCUT2D eigenvalue weighted by Crippen LogP contribution is 2.44. The maximum absolute atomic E-state index is 12.7. The standard InChI is InChI=1S/C15H26N2O2/c16-11-14(5-3-6-14)13(18)17-9-8-15(19)7-2-1-4-12(15)10-17/h12,19H,1-11,16H2. The van der Waals surface area contributed by atoms with Crippen LogP contribution in [0.1, 0.15) is 51.4 Å². The Morgan fingerprint density at radius 1 is 1.21 bits per heavy atom. The van der Waals surface area contributed by atoms with Gasteiger partial charge < -0.3 is 15.7 Å². The van der Waals surface area contributed by atoms with E-state index in [0.717, 1.165) is 51.5 Å². The second kappa shape index (κ2) is 4.74. The maximum Gasteiger partial charge on any atom is 0.230 e. The predicted molar refractivity (Wildman–Crippen MR) is 73.4 cm³/mol. The van der Waals surface area contributed by atoms with E-state index < -0.39 is 5.60 Å². The quantitative estimate of drug-likeness (QED) is 0.791. The zero-order valence-electron chi connectivity index (χ0n) is 11.7. The number of nitrogens with two attached hydrogens (primary N) is 1. The first-order chi connectivity index (χ1) is 9.10. The molecule has 1 heterocycles. The SMILES string of the molecule is NCC1(C(=O)N2CCC3(O)CCCCC3C2)CCC1. The minimum atomic E-state index is -0.496. The molecule has 4 heteroatoms. The van der Waals surface area contributed by atoms with Crippen LogP contribution < -0.4 is 5.73 Å². The lowest BCUT2D eigenvalue weighted by molar-refractivity contribution is -0.157. The molecule has 3 fully saturated rings. The van der Waals surface area contributed by atoms with E-state index in [2.05, 4.69) is 0 Å². The van der Waals surface area contributed by atoms with E-state index in [4.69, 9.17) is 5.73 Å². The fourth-order valence-corrected chi connectivity index (χ4v) is 4.20. The van der Waals surface area contributed by atoms with Gasteiger partial charge in [-0.3, -0.25) is 4.79 Å². The normalized spacial score (nSPS) is 37.4.